The molecule has 1 N–H and O–H groups in total. The first-order valence-corrected chi connectivity index (χ1v) is 8.99. The fraction of sp³-hybridized carbons (Fsp3) is 0.273. The van der Waals surface area contributed by atoms with Gasteiger partial charge in [0.05, 0.1) is 11.2 Å². The molecular weight excluding hydrogens is 308 g/mol. The van der Waals surface area contributed by atoms with Gasteiger partial charge in [-0.05, 0) is 43.6 Å². The Morgan fingerprint density at radius 3 is 2.52 bits per heavy atom. The fourth-order valence-corrected chi connectivity index (χ4v) is 3.63. The Morgan fingerprint density at radius 1 is 1.00 bits per heavy atom. The number of para-hydroxylation sites is 1. The molecule has 0 unspecified atom stereocenters. The molecule has 3 aromatic rings. The molecule has 0 aliphatic carbocycles. The summed E-state index contributed by atoms with van der Waals surface area (Å²) in [6, 6.07) is 20.4. The van der Waals surface area contributed by atoms with E-state index >= 15 is 0 Å². The minimum atomic E-state index is 0.188. The molecule has 1 saturated heterocycles. The predicted octanol–water partition coefficient (Wildman–Crippen LogP) is 4.01. The summed E-state index contributed by atoms with van der Waals surface area (Å²) in [6.07, 6.45) is 2.40. The van der Waals surface area contributed by atoms with Gasteiger partial charge in [0, 0.05) is 23.3 Å². The van der Waals surface area contributed by atoms with Crippen LogP contribution in [0.1, 0.15) is 18.4 Å². The van der Waals surface area contributed by atoms with Gasteiger partial charge in [0.2, 0.25) is 0 Å². The van der Waals surface area contributed by atoms with Crippen molar-refractivity contribution in [1.29, 1.82) is 0 Å². The van der Waals surface area contributed by atoms with E-state index in [1.807, 2.05) is 36.4 Å². The standard InChI is InChI=1S/C22H22N2O/c25-22(17-10-12-23-13-11-17)15-18-14-21(16-6-2-1-3-7-16)24-20-9-5-4-8-19(18)20/h1-9,14,17,23H,10-13,15H2. The van der Waals surface area contributed by atoms with E-state index in [1.165, 1.54) is 0 Å². The van der Waals surface area contributed by atoms with Crippen molar-refractivity contribution in [2.45, 2.75) is 19.3 Å². The summed E-state index contributed by atoms with van der Waals surface area (Å²) in [7, 11) is 0. The smallest absolute Gasteiger partial charge is 0.140 e. The maximum absolute atomic E-state index is 12.8. The third-order valence-corrected chi connectivity index (χ3v) is 5.03. The molecule has 1 aliphatic rings. The Labute approximate surface area is 148 Å². The summed E-state index contributed by atoms with van der Waals surface area (Å²) in [6.45, 7) is 1.89. The number of carbonyl (C=O) groups is 1. The van der Waals surface area contributed by atoms with E-state index in [9.17, 15) is 4.79 Å². The van der Waals surface area contributed by atoms with Crippen LogP contribution in [0.2, 0.25) is 0 Å². The van der Waals surface area contributed by atoms with Gasteiger partial charge in [-0.3, -0.25) is 4.79 Å². The fourth-order valence-electron chi connectivity index (χ4n) is 3.63. The largest absolute Gasteiger partial charge is 0.317 e. The van der Waals surface area contributed by atoms with Crippen LogP contribution in [-0.4, -0.2) is 23.9 Å². The summed E-state index contributed by atoms with van der Waals surface area (Å²) < 4.78 is 0. The van der Waals surface area contributed by atoms with Crippen molar-refractivity contribution in [3.63, 3.8) is 0 Å². The summed E-state index contributed by atoms with van der Waals surface area (Å²) in [5.41, 5.74) is 4.07. The van der Waals surface area contributed by atoms with Crippen LogP contribution in [0.3, 0.4) is 0 Å². The first-order chi connectivity index (χ1) is 12.3. The van der Waals surface area contributed by atoms with Gasteiger partial charge in [-0.2, -0.15) is 0 Å². The minimum Gasteiger partial charge on any atom is -0.317 e. The van der Waals surface area contributed by atoms with Gasteiger partial charge in [-0.1, -0.05) is 48.5 Å². The maximum Gasteiger partial charge on any atom is 0.140 e. The second kappa shape index (κ2) is 7.16. The molecule has 1 aromatic heterocycles. The van der Waals surface area contributed by atoms with E-state index in [0.717, 1.165) is 53.7 Å². The van der Waals surface area contributed by atoms with E-state index in [-0.39, 0.29) is 5.92 Å². The molecule has 25 heavy (non-hydrogen) atoms. The Kier molecular flexibility index (Phi) is 4.57. The van der Waals surface area contributed by atoms with Gasteiger partial charge in [0.25, 0.3) is 0 Å². The third kappa shape index (κ3) is 3.47. The van der Waals surface area contributed by atoms with Crippen LogP contribution in [0.4, 0.5) is 0 Å². The number of carbonyl (C=O) groups excluding carboxylic acids is 1. The van der Waals surface area contributed by atoms with E-state index in [4.69, 9.17) is 4.98 Å². The lowest BCUT2D eigenvalue weighted by molar-refractivity contribution is -0.122. The van der Waals surface area contributed by atoms with Gasteiger partial charge < -0.3 is 5.32 Å². The molecule has 3 heteroatoms. The summed E-state index contributed by atoms with van der Waals surface area (Å²) >= 11 is 0. The first-order valence-electron chi connectivity index (χ1n) is 8.99. The number of hydrogen-bond acceptors (Lipinski definition) is 3. The summed E-state index contributed by atoms with van der Waals surface area (Å²) in [5, 5.41) is 4.42. The molecule has 0 atom stereocenters. The molecule has 0 saturated carbocycles. The third-order valence-electron chi connectivity index (χ3n) is 5.03. The molecule has 0 bridgehead atoms. The van der Waals surface area contributed by atoms with Crippen LogP contribution in [0.15, 0.2) is 60.7 Å². The number of ketones is 1. The molecule has 2 heterocycles. The second-order valence-electron chi connectivity index (χ2n) is 6.72. The zero-order chi connectivity index (χ0) is 17.1. The van der Waals surface area contributed by atoms with Crippen molar-refractivity contribution in [3.8, 4) is 11.3 Å². The number of hydrogen-bond donors (Lipinski definition) is 1. The lowest BCUT2D eigenvalue weighted by Gasteiger charge is -2.21. The van der Waals surface area contributed by atoms with Crippen molar-refractivity contribution in [1.82, 2.24) is 10.3 Å². The normalized spacial score (nSPS) is 15.4. The summed E-state index contributed by atoms with van der Waals surface area (Å²) in [5.74, 6) is 0.546. The van der Waals surface area contributed by atoms with Crippen molar-refractivity contribution in [3.05, 3.63) is 66.2 Å². The average molecular weight is 330 g/mol. The molecule has 1 fully saturated rings. The van der Waals surface area contributed by atoms with E-state index in [0.29, 0.717) is 12.2 Å². The van der Waals surface area contributed by atoms with Crippen LogP contribution in [0, 0.1) is 5.92 Å². The molecule has 0 amide bonds. The molecule has 3 nitrogen and oxygen atoms in total. The van der Waals surface area contributed by atoms with Gasteiger partial charge in [-0.15, -0.1) is 0 Å². The van der Waals surface area contributed by atoms with Crippen LogP contribution in [0.5, 0.6) is 0 Å². The Bertz CT molecular complexity index is 883. The van der Waals surface area contributed by atoms with Crippen LogP contribution >= 0.6 is 0 Å². The van der Waals surface area contributed by atoms with Crippen molar-refractivity contribution >= 4 is 16.7 Å². The number of piperidine rings is 1. The predicted molar refractivity (Wildman–Crippen MR) is 101 cm³/mol. The maximum atomic E-state index is 12.8. The topological polar surface area (TPSA) is 42.0 Å². The van der Waals surface area contributed by atoms with E-state index < -0.39 is 0 Å². The lowest BCUT2D eigenvalue weighted by atomic mass is 9.89. The number of Topliss-reactive ketones (excluding diaryl/α,β-unsaturated/α-hetero) is 1. The average Bonchev–Trinajstić information content (AvgIpc) is 2.69. The Hall–Kier alpha value is -2.52. The van der Waals surface area contributed by atoms with Crippen LogP contribution < -0.4 is 5.32 Å². The second-order valence-corrected chi connectivity index (χ2v) is 6.72. The SMILES string of the molecule is O=C(Cc1cc(-c2ccccc2)nc2ccccc12)C1CCNCC1. The highest BCUT2D eigenvalue weighted by Crippen LogP contribution is 2.26. The molecule has 0 spiro atoms. The van der Waals surface area contributed by atoms with Crippen molar-refractivity contribution in [2.24, 2.45) is 5.92 Å². The monoisotopic (exact) mass is 330 g/mol. The highest BCUT2D eigenvalue weighted by Gasteiger charge is 2.22. The van der Waals surface area contributed by atoms with Crippen molar-refractivity contribution < 1.29 is 4.79 Å². The number of pyridine rings is 1. The van der Waals surface area contributed by atoms with Crippen molar-refractivity contribution in [2.75, 3.05) is 13.1 Å². The first kappa shape index (κ1) is 16.0. The quantitative estimate of drug-likeness (QED) is 0.786. The zero-order valence-corrected chi connectivity index (χ0v) is 14.2. The molecular formula is C22H22N2O. The van der Waals surface area contributed by atoms with E-state index in [2.05, 4.69) is 29.6 Å². The van der Waals surface area contributed by atoms with Crippen LogP contribution in [0.25, 0.3) is 22.2 Å². The molecule has 126 valence electrons. The zero-order valence-electron chi connectivity index (χ0n) is 14.2. The number of aromatic nitrogens is 1. The number of nitrogens with zero attached hydrogens (tertiary/aromatic N) is 1. The Morgan fingerprint density at radius 2 is 1.72 bits per heavy atom. The number of nitrogens with one attached hydrogen (secondary N) is 1. The highest BCUT2D eigenvalue weighted by molar-refractivity contribution is 5.91. The van der Waals surface area contributed by atoms with Gasteiger partial charge in [-0.25, -0.2) is 4.98 Å². The summed E-state index contributed by atoms with van der Waals surface area (Å²) in [4.78, 5) is 17.6. The molecule has 1 aliphatic heterocycles. The van der Waals surface area contributed by atoms with Crippen LogP contribution in [-0.2, 0) is 11.2 Å². The molecule has 2 aromatic carbocycles. The molecule has 4 rings (SSSR count). The minimum absolute atomic E-state index is 0.188. The van der Waals surface area contributed by atoms with E-state index in [1.54, 1.807) is 0 Å². The number of fused-ring (bicyclic) bond motifs is 1. The molecule has 0 radical (unpaired) electrons. The number of benzene rings is 2. The van der Waals surface area contributed by atoms with Gasteiger partial charge >= 0.3 is 0 Å². The Balaban J connectivity index is 1.72. The van der Waals surface area contributed by atoms with Gasteiger partial charge in [0.1, 0.15) is 5.78 Å². The van der Waals surface area contributed by atoms with Gasteiger partial charge in [0.15, 0.2) is 0 Å². The lowest BCUT2D eigenvalue weighted by Crippen LogP contribution is -2.32. The highest BCUT2D eigenvalue weighted by atomic mass is 16.1. The number of rotatable bonds is 4.